The van der Waals surface area contributed by atoms with Crippen molar-refractivity contribution >= 4 is 5.91 Å². The number of rotatable bonds is 9. The highest BCUT2D eigenvalue weighted by Crippen LogP contribution is 2.38. The zero-order valence-corrected chi connectivity index (χ0v) is 16.1. The SMILES string of the molecule is COc1cc(CC(=O)NC(C)c2ccc(OC(F)F)cc2)cc(OC)c1OC. The first kappa shape index (κ1) is 21.3. The van der Waals surface area contributed by atoms with E-state index in [2.05, 4.69) is 10.1 Å². The normalized spacial score (nSPS) is 11.7. The molecule has 0 fully saturated rings. The minimum atomic E-state index is -2.87. The maximum absolute atomic E-state index is 12.4. The van der Waals surface area contributed by atoms with E-state index in [0.29, 0.717) is 22.8 Å². The van der Waals surface area contributed by atoms with Gasteiger partial charge in [0.25, 0.3) is 0 Å². The number of hydrogen-bond acceptors (Lipinski definition) is 5. The van der Waals surface area contributed by atoms with Gasteiger partial charge in [-0.05, 0) is 42.3 Å². The molecule has 6 nitrogen and oxygen atoms in total. The molecule has 0 aromatic heterocycles. The van der Waals surface area contributed by atoms with Crippen molar-refractivity contribution in [3.8, 4) is 23.0 Å². The lowest BCUT2D eigenvalue weighted by molar-refractivity contribution is -0.121. The molecule has 0 aliphatic heterocycles. The Morgan fingerprint density at radius 3 is 2.04 bits per heavy atom. The second kappa shape index (κ2) is 9.77. The monoisotopic (exact) mass is 395 g/mol. The van der Waals surface area contributed by atoms with Crippen LogP contribution in [0, 0.1) is 0 Å². The molecule has 1 atom stereocenters. The minimum Gasteiger partial charge on any atom is -0.493 e. The van der Waals surface area contributed by atoms with Crippen LogP contribution in [0.15, 0.2) is 36.4 Å². The molecule has 1 amide bonds. The number of halogens is 2. The molecule has 28 heavy (non-hydrogen) atoms. The van der Waals surface area contributed by atoms with Crippen LogP contribution in [0.2, 0.25) is 0 Å². The van der Waals surface area contributed by atoms with Crippen LogP contribution in [0.25, 0.3) is 0 Å². The molecule has 152 valence electrons. The van der Waals surface area contributed by atoms with Crippen molar-refractivity contribution in [2.24, 2.45) is 0 Å². The maximum atomic E-state index is 12.4. The largest absolute Gasteiger partial charge is 0.493 e. The Hall–Kier alpha value is -3.03. The van der Waals surface area contributed by atoms with Crippen LogP contribution >= 0.6 is 0 Å². The number of amides is 1. The van der Waals surface area contributed by atoms with Crippen LogP contribution in [0.3, 0.4) is 0 Å². The Kier molecular flexibility index (Phi) is 7.43. The minimum absolute atomic E-state index is 0.0645. The number of ether oxygens (including phenoxy) is 4. The molecule has 0 saturated carbocycles. The lowest BCUT2D eigenvalue weighted by Gasteiger charge is -2.16. The van der Waals surface area contributed by atoms with Crippen molar-refractivity contribution in [3.05, 3.63) is 47.5 Å². The lowest BCUT2D eigenvalue weighted by atomic mass is 10.1. The summed E-state index contributed by atoms with van der Waals surface area (Å²) in [5.74, 6) is 1.23. The summed E-state index contributed by atoms with van der Waals surface area (Å²) >= 11 is 0. The van der Waals surface area contributed by atoms with Gasteiger partial charge >= 0.3 is 6.61 Å². The van der Waals surface area contributed by atoms with E-state index in [1.165, 1.54) is 33.5 Å². The summed E-state index contributed by atoms with van der Waals surface area (Å²) in [5, 5.41) is 2.87. The fourth-order valence-electron chi connectivity index (χ4n) is 2.74. The predicted octanol–water partition coefficient (Wildman–Crippen LogP) is 3.73. The van der Waals surface area contributed by atoms with Gasteiger partial charge in [-0.1, -0.05) is 12.1 Å². The van der Waals surface area contributed by atoms with Crippen molar-refractivity contribution in [1.82, 2.24) is 5.32 Å². The molecule has 2 aromatic carbocycles. The van der Waals surface area contributed by atoms with E-state index in [-0.39, 0.29) is 24.1 Å². The topological polar surface area (TPSA) is 66.0 Å². The van der Waals surface area contributed by atoms with Crippen LogP contribution < -0.4 is 24.3 Å². The number of benzene rings is 2. The number of methoxy groups -OCH3 is 3. The fourth-order valence-corrected chi connectivity index (χ4v) is 2.74. The van der Waals surface area contributed by atoms with Crippen LogP contribution in [-0.4, -0.2) is 33.8 Å². The van der Waals surface area contributed by atoms with Crippen molar-refractivity contribution in [3.63, 3.8) is 0 Å². The first-order valence-corrected chi connectivity index (χ1v) is 8.51. The number of hydrogen-bond donors (Lipinski definition) is 1. The zero-order chi connectivity index (χ0) is 20.7. The summed E-state index contributed by atoms with van der Waals surface area (Å²) in [4.78, 5) is 12.4. The van der Waals surface area contributed by atoms with Crippen LogP contribution in [0.4, 0.5) is 8.78 Å². The molecule has 2 rings (SSSR count). The quantitative estimate of drug-likeness (QED) is 0.701. The molecule has 1 N–H and O–H groups in total. The summed E-state index contributed by atoms with van der Waals surface area (Å²) in [6.07, 6.45) is 0.105. The average Bonchev–Trinajstić information content (AvgIpc) is 2.66. The standard InChI is InChI=1S/C20H23F2NO5/c1-12(14-5-7-15(8-6-14)28-20(21)22)23-18(24)11-13-9-16(25-2)19(27-4)17(10-13)26-3/h5-10,12,20H,11H2,1-4H3,(H,23,24). The summed E-state index contributed by atoms with van der Waals surface area (Å²) in [5.41, 5.74) is 1.46. The molecule has 2 aromatic rings. The van der Waals surface area contributed by atoms with Crippen molar-refractivity contribution in [1.29, 1.82) is 0 Å². The van der Waals surface area contributed by atoms with Gasteiger partial charge in [0, 0.05) is 0 Å². The third kappa shape index (κ3) is 5.48. The second-order valence-electron chi connectivity index (χ2n) is 5.95. The van der Waals surface area contributed by atoms with E-state index in [1.807, 2.05) is 0 Å². The Balaban J connectivity index is 2.05. The van der Waals surface area contributed by atoms with Crippen LogP contribution in [0.1, 0.15) is 24.1 Å². The molecule has 1 unspecified atom stereocenters. The Morgan fingerprint density at radius 2 is 1.57 bits per heavy atom. The highest BCUT2D eigenvalue weighted by molar-refractivity contribution is 5.79. The van der Waals surface area contributed by atoms with Gasteiger partial charge in [-0.3, -0.25) is 4.79 Å². The van der Waals surface area contributed by atoms with Gasteiger partial charge in [0.15, 0.2) is 11.5 Å². The zero-order valence-electron chi connectivity index (χ0n) is 16.1. The van der Waals surface area contributed by atoms with Gasteiger partial charge < -0.3 is 24.3 Å². The smallest absolute Gasteiger partial charge is 0.387 e. The molecule has 0 aliphatic carbocycles. The van der Waals surface area contributed by atoms with E-state index in [0.717, 1.165) is 5.56 Å². The van der Waals surface area contributed by atoms with Gasteiger partial charge in [-0.15, -0.1) is 0 Å². The maximum Gasteiger partial charge on any atom is 0.387 e. The van der Waals surface area contributed by atoms with Gasteiger partial charge in [-0.25, -0.2) is 0 Å². The van der Waals surface area contributed by atoms with Crippen molar-refractivity contribution in [2.45, 2.75) is 26.0 Å². The predicted molar refractivity (Wildman–Crippen MR) is 99.4 cm³/mol. The lowest BCUT2D eigenvalue weighted by Crippen LogP contribution is -2.28. The molecule has 0 aliphatic rings. The van der Waals surface area contributed by atoms with Gasteiger partial charge in [0.1, 0.15) is 5.75 Å². The third-order valence-electron chi connectivity index (χ3n) is 4.07. The highest BCUT2D eigenvalue weighted by atomic mass is 19.3. The number of carbonyl (C=O) groups is 1. The van der Waals surface area contributed by atoms with Crippen molar-refractivity contribution < 1.29 is 32.5 Å². The molecule has 0 spiro atoms. The molecule has 0 heterocycles. The number of alkyl halides is 2. The first-order chi connectivity index (χ1) is 13.4. The molecule has 0 bridgehead atoms. The fraction of sp³-hybridized carbons (Fsp3) is 0.350. The Bertz CT molecular complexity index is 771. The molecule has 0 saturated heterocycles. The van der Waals surface area contributed by atoms with Crippen LogP contribution in [0.5, 0.6) is 23.0 Å². The summed E-state index contributed by atoms with van der Waals surface area (Å²) < 4.78 is 44.6. The van der Waals surface area contributed by atoms with Gasteiger partial charge in [-0.2, -0.15) is 8.78 Å². The van der Waals surface area contributed by atoms with E-state index < -0.39 is 6.61 Å². The average molecular weight is 395 g/mol. The number of nitrogens with one attached hydrogen (secondary N) is 1. The third-order valence-corrected chi connectivity index (χ3v) is 4.07. The van der Waals surface area contributed by atoms with Crippen LogP contribution in [-0.2, 0) is 11.2 Å². The molecule has 8 heteroatoms. The Labute approximate surface area is 162 Å². The highest BCUT2D eigenvalue weighted by Gasteiger charge is 2.16. The van der Waals surface area contributed by atoms with E-state index in [4.69, 9.17) is 14.2 Å². The second-order valence-corrected chi connectivity index (χ2v) is 5.95. The number of carbonyl (C=O) groups excluding carboxylic acids is 1. The summed E-state index contributed by atoms with van der Waals surface area (Å²) in [7, 11) is 4.52. The van der Waals surface area contributed by atoms with Gasteiger partial charge in [0.05, 0.1) is 33.8 Å². The van der Waals surface area contributed by atoms with Crippen molar-refractivity contribution in [2.75, 3.05) is 21.3 Å². The summed E-state index contributed by atoms with van der Waals surface area (Å²) in [6, 6.07) is 9.23. The molecular weight excluding hydrogens is 372 g/mol. The van der Waals surface area contributed by atoms with E-state index >= 15 is 0 Å². The van der Waals surface area contributed by atoms with E-state index in [9.17, 15) is 13.6 Å². The first-order valence-electron chi connectivity index (χ1n) is 8.51. The molecule has 0 radical (unpaired) electrons. The van der Waals surface area contributed by atoms with Gasteiger partial charge in [0.2, 0.25) is 11.7 Å². The molecular formula is C20H23F2NO5. The van der Waals surface area contributed by atoms with E-state index in [1.54, 1.807) is 31.2 Å². The Morgan fingerprint density at radius 1 is 1.00 bits per heavy atom. The summed E-state index contributed by atoms with van der Waals surface area (Å²) in [6.45, 7) is -1.07.